The number of methoxy groups -OCH3 is 1. The summed E-state index contributed by atoms with van der Waals surface area (Å²) in [5.74, 6) is -6.62. The van der Waals surface area contributed by atoms with Crippen molar-refractivity contribution in [2.45, 2.75) is 232 Å². The molecule has 4 bridgehead atoms. The molecule has 7 aliphatic carbocycles. The van der Waals surface area contributed by atoms with Gasteiger partial charge in [0.1, 0.15) is 11.5 Å². The number of hydrogen-bond donors (Lipinski definition) is 0. The average molecular weight is 1380 g/mol. The molecule has 97 heavy (non-hydrogen) atoms. The molecule has 0 spiro atoms. The lowest BCUT2D eigenvalue weighted by Gasteiger charge is -2.57. The van der Waals surface area contributed by atoms with Crippen molar-refractivity contribution in [1.82, 2.24) is 0 Å². The second-order valence-electron chi connectivity index (χ2n) is 28.4. The molecule has 0 saturated heterocycles. The molecule has 7 fully saturated rings. The van der Waals surface area contributed by atoms with Crippen molar-refractivity contribution in [3.8, 4) is 11.5 Å². The van der Waals surface area contributed by atoms with Crippen molar-refractivity contribution in [1.29, 1.82) is 0 Å². The molecule has 0 heterocycles. The fourth-order valence-corrected chi connectivity index (χ4v) is 22.1. The lowest BCUT2D eigenvalue weighted by molar-refractivity contribution is -0.272. The first-order chi connectivity index (χ1) is 46.6. The average Bonchev–Trinajstić information content (AvgIpc) is 0.759. The zero-order valence-corrected chi connectivity index (χ0v) is 59.4. The first kappa shape index (κ1) is 71.9. The third-order valence-corrected chi connectivity index (χ3v) is 27.0. The molecule has 0 radical (unpaired) electrons. The Kier molecular flexibility index (Phi) is 23.6. The van der Waals surface area contributed by atoms with Crippen LogP contribution in [0.3, 0.4) is 0 Å². The largest absolute Gasteiger partial charge is 0.497 e. The fraction of sp³-hybridized carbons (Fsp3) is 0.429. The van der Waals surface area contributed by atoms with Crippen molar-refractivity contribution in [3.63, 3.8) is 0 Å². The highest BCUT2D eigenvalue weighted by Crippen LogP contribution is 2.61. The molecule has 0 amide bonds. The molecule has 4 nitrogen and oxygen atoms in total. The smallest absolute Gasteiger partial charge is 0.449 e. The van der Waals surface area contributed by atoms with Gasteiger partial charge in [0.25, 0.3) is 0 Å². The maximum absolute atomic E-state index is 13.8. The summed E-state index contributed by atoms with van der Waals surface area (Å²) < 4.78 is 113. The van der Waals surface area contributed by atoms with Crippen molar-refractivity contribution >= 4 is 31.9 Å². The summed E-state index contributed by atoms with van der Waals surface area (Å²) in [7, 11) is -4.80. The van der Waals surface area contributed by atoms with E-state index >= 15 is 0 Å². The Morgan fingerprint density at radius 1 is 0.423 bits per heavy atom. The van der Waals surface area contributed by atoms with Gasteiger partial charge in [-0.05, 0) is 263 Å². The summed E-state index contributed by atoms with van der Waals surface area (Å²) in [5.41, 5.74) is 10.4. The molecule has 8 aromatic carbocycles. The second-order valence-corrected chi connectivity index (χ2v) is 34.1. The summed E-state index contributed by atoms with van der Waals surface area (Å²) in [6.07, 6.45) is 28.4. The monoisotopic (exact) mass is 1380 g/mol. The highest BCUT2D eigenvalue weighted by atomic mass is 32.2. The van der Waals surface area contributed by atoms with E-state index in [1.165, 1.54) is 156 Å². The molecule has 0 N–H and O–H groups in total. The van der Waals surface area contributed by atoms with E-state index in [0.29, 0.717) is 17.8 Å². The third kappa shape index (κ3) is 17.1. The van der Waals surface area contributed by atoms with E-state index in [1.807, 2.05) is 6.07 Å². The maximum atomic E-state index is 13.8. The molecule has 0 aromatic heterocycles. The van der Waals surface area contributed by atoms with Crippen molar-refractivity contribution in [2.24, 2.45) is 17.8 Å². The lowest BCUT2D eigenvalue weighted by atomic mass is 9.48. The van der Waals surface area contributed by atoms with E-state index in [-0.39, 0.29) is 27.2 Å². The van der Waals surface area contributed by atoms with Gasteiger partial charge >= 0.3 is 27.2 Å². The van der Waals surface area contributed by atoms with Gasteiger partial charge in [0.05, 0.1) is 28.9 Å². The van der Waals surface area contributed by atoms with E-state index in [9.17, 15) is 34.8 Å². The molecule has 0 unspecified atom stereocenters. The number of alkyl halides is 6. The number of rotatable bonds is 16. The standard InChI is InChI=1S/C25H38.C21H21OS.C20H22F6O3S.C18H15S/c1-19-24(21-13-7-3-8-14-21)17-23(20-11-5-2-6-12-20)18-25(19)22-15-9-4-10-16-22;1-16-7-4-10-19(13-16)23(20-11-5-8-17(2)14-20)21-12-6-9-18(15-21)22-3;1-17(21,22)19(23,24)20(25,26)30(27,28)29-16-4-2-15(3-5-16)18-9-12-6-13(10-18)8-14(7-12)11-18;1-4-10-16(11-5-1)19(17-12-6-2-7-13-17)18-14-8-3-9-15-18/h17-18,20-22H,2-16H2,1H3;4-15H,1-3H3;2-5,12-14H,6-11H2,1H3;1-15H/q;+1;;+1. The zero-order valence-electron chi connectivity index (χ0n) is 57.0. The highest BCUT2D eigenvalue weighted by molar-refractivity contribution is 7.97. The van der Waals surface area contributed by atoms with E-state index in [4.69, 9.17) is 4.74 Å². The van der Waals surface area contributed by atoms with Gasteiger partial charge in [0.2, 0.25) is 0 Å². The molecule has 13 heteroatoms. The molecule has 7 aliphatic rings. The Balaban J connectivity index is 0.000000133. The van der Waals surface area contributed by atoms with E-state index in [2.05, 4.69) is 195 Å². The third-order valence-electron chi connectivity index (χ3n) is 21.3. The van der Waals surface area contributed by atoms with Gasteiger partial charge in [0.15, 0.2) is 29.4 Å². The van der Waals surface area contributed by atoms with Crippen LogP contribution in [0.15, 0.2) is 230 Å². The van der Waals surface area contributed by atoms with Gasteiger partial charge in [-0.25, -0.2) is 0 Å². The zero-order chi connectivity index (χ0) is 68.4. The topological polar surface area (TPSA) is 52.6 Å². The molecule has 7 saturated carbocycles. The van der Waals surface area contributed by atoms with Crippen LogP contribution in [0.1, 0.15) is 198 Å². The summed E-state index contributed by atoms with van der Waals surface area (Å²) in [6.45, 7) is 6.29. The first-order valence-corrected chi connectivity index (χ1v) is 39.2. The molecule has 0 atom stereocenters. The quantitative estimate of drug-likeness (QED) is 0.0550. The Bertz CT molecular complexity index is 3720. The van der Waals surface area contributed by atoms with Crippen LogP contribution in [0.4, 0.5) is 26.3 Å². The van der Waals surface area contributed by atoms with E-state index in [0.717, 1.165) is 60.5 Å². The predicted molar refractivity (Wildman–Crippen MR) is 384 cm³/mol. The number of benzene rings is 8. The second kappa shape index (κ2) is 31.8. The Morgan fingerprint density at radius 3 is 1.19 bits per heavy atom. The number of hydrogen-bond acceptors (Lipinski definition) is 4. The van der Waals surface area contributed by atoms with Gasteiger partial charge in [-0.2, -0.15) is 34.8 Å². The lowest BCUT2D eigenvalue weighted by Crippen LogP contribution is -2.57. The minimum Gasteiger partial charge on any atom is -0.497 e. The van der Waals surface area contributed by atoms with E-state index in [1.54, 1.807) is 41.5 Å². The summed E-state index contributed by atoms with van der Waals surface area (Å²) in [6, 6.07) is 68.9. The first-order valence-electron chi connectivity index (χ1n) is 35.4. The van der Waals surface area contributed by atoms with Gasteiger partial charge in [-0.3, -0.25) is 0 Å². The number of halogens is 6. The van der Waals surface area contributed by atoms with Gasteiger partial charge in [0, 0.05) is 13.0 Å². The van der Waals surface area contributed by atoms with Crippen LogP contribution < -0.4 is 8.92 Å². The van der Waals surface area contributed by atoms with Crippen LogP contribution in [-0.4, -0.2) is 32.6 Å². The van der Waals surface area contributed by atoms with Gasteiger partial charge in [-0.15, -0.1) is 0 Å². The van der Waals surface area contributed by atoms with Crippen LogP contribution in [0.2, 0.25) is 0 Å². The van der Waals surface area contributed by atoms with Gasteiger partial charge in [-0.1, -0.05) is 167 Å². The van der Waals surface area contributed by atoms with Crippen LogP contribution in [0.25, 0.3) is 0 Å². The predicted octanol–water partition coefficient (Wildman–Crippen LogP) is 24.1. The molecule has 514 valence electrons. The number of ether oxygens (including phenoxy) is 1. The normalized spacial score (nSPS) is 20.8. The minimum atomic E-state index is -6.37. The van der Waals surface area contributed by atoms with Crippen LogP contribution in [-0.2, 0) is 37.3 Å². The molecule has 15 rings (SSSR count). The Hall–Kier alpha value is -6.41. The highest BCUT2D eigenvalue weighted by Gasteiger charge is 2.77. The fourth-order valence-electron chi connectivity index (χ4n) is 16.7. The maximum Gasteiger partial charge on any atom is 0.449 e. The van der Waals surface area contributed by atoms with Crippen LogP contribution >= 0.6 is 0 Å². The molecular formula is C84H96F6O4S3+2. The van der Waals surface area contributed by atoms with E-state index < -0.39 is 39.9 Å². The summed E-state index contributed by atoms with van der Waals surface area (Å²) >= 11 is 0. The Morgan fingerprint density at radius 2 is 0.794 bits per heavy atom. The summed E-state index contributed by atoms with van der Waals surface area (Å²) in [5, 5.41) is -6.11. The van der Waals surface area contributed by atoms with Crippen molar-refractivity contribution in [2.75, 3.05) is 7.11 Å². The van der Waals surface area contributed by atoms with Crippen LogP contribution in [0.5, 0.6) is 11.5 Å². The SMILES string of the molecule is CC(F)(F)C(F)(F)C(F)(F)S(=O)(=O)Oc1ccc(C23CC4CC(CC(C4)C2)C3)cc1.COc1cccc([S+](c2cccc(C)c2)c2cccc(C)c2)c1.Cc1c(C2CCCCC2)cc(C2CCCCC2)cc1C1CCCCC1.c1ccc([S+](c2ccccc2)c2ccccc2)cc1. The molecule has 0 aliphatic heterocycles. The summed E-state index contributed by atoms with van der Waals surface area (Å²) in [4.78, 5) is 8.04. The molecular weight excluding hydrogens is 1280 g/mol. The Labute approximate surface area is 579 Å². The van der Waals surface area contributed by atoms with Crippen molar-refractivity contribution in [3.05, 3.63) is 239 Å². The number of aryl methyl sites for hydroxylation is 2. The minimum absolute atomic E-state index is 0.0146. The van der Waals surface area contributed by atoms with Gasteiger partial charge < -0.3 is 8.92 Å². The van der Waals surface area contributed by atoms with Crippen molar-refractivity contribution < 1.29 is 43.7 Å². The molecule has 8 aromatic rings. The van der Waals surface area contributed by atoms with Crippen LogP contribution in [0, 0.1) is 38.5 Å².